The lowest BCUT2D eigenvalue weighted by atomic mass is 10.1. The molecule has 2 aromatic rings. The maximum absolute atomic E-state index is 2.32. The second-order valence-corrected chi connectivity index (χ2v) is 7.26. The predicted octanol–water partition coefficient (Wildman–Crippen LogP) is 6.62. The molecule has 0 unspecified atom stereocenters. The van der Waals surface area contributed by atoms with E-state index < -0.39 is 0 Å². The second-order valence-electron chi connectivity index (χ2n) is 5.02. The van der Waals surface area contributed by atoms with Crippen molar-refractivity contribution in [3.8, 4) is 0 Å². The number of unbranched alkanes of at least 4 members (excludes halogenated alkanes) is 2. The highest BCUT2D eigenvalue weighted by Gasteiger charge is 2.08. The Bertz CT molecular complexity index is 534. The van der Waals surface area contributed by atoms with Gasteiger partial charge in [-0.2, -0.15) is 0 Å². The molecule has 20 heavy (non-hydrogen) atoms. The first-order chi connectivity index (χ1) is 9.86. The number of hydrogen-bond acceptors (Lipinski definition) is 2. The second kappa shape index (κ2) is 8.63. The number of rotatable bonds is 8. The van der Waals surface area contributed by atoms with Crippen LogP contribution in [0.1, 0.15) is 39.5 Å². The Kier molecular flexibility index (Phi) is 6.81. The monoisotopic (exact) mass is 304 g/mol. The van der Waals surface area contributed by atoms with Gasteiger partial charge >= 0.3 is 0 Å². The van der Waals surface area contributed by atoms with Crippen molar-refractivity contribution in [3.63, 3.8) is 0 Å². The molecule has 0 aromatic heterocycles. The zero-order valence-electron chi connectivity index (χ0n) is 12.5. The Morgan fingerprint density at radius 1 is 0.800 bits per heavy atom. The highest BCUT2D eigenvalue weighted by atomic mass is 32.2. The molecule has 0 atom stereocenters. The zero-order valence-corrected chi connectivity index (χ0v) is 14.2. The molecule has 0 nitrogen and oxygen atoms in total. The van der Waals surface area contributed by atoms with E-state index in [1.165, 1.54) is 57.8 Å². The van der Waals surface area contributed by atoms with Gasteiger partial charge in [-0.1, -0.05) is 57.0 Å². The number of hydrogen-bond donors (Lipinski definition) is 0. The van der Waals surface area contributed by atoms with Crippen molar-refractivity contribution in [2.75, 3.05) is 11.5 Å². The van der Waals surface area contributed by atoms with Gasteiger partial charge in [-0.3, -0.25) is 0 Å². The van der Waals surface area contributed by atoms with Crippen LogP contribution in [0.3, 0.4) is 0 Å². The van der Waals surface area contributed by atoms with Gasteiger partial charge in [-0.05, 0) is 41.2 Å². The van der Waals surface area contributed by atoms with Crippen molar-refractivity contribution in [1.82, 2.24) is 0 Å². The molecule has 0 radical (unpaired) electrons. The topological polar surface area (TPSA) is 0 Å². The van der Waals surface area contributed by atoms with E-state index in [-0.39, 0.29) is 0 Å². The van der Waals surface area contributed by atoms with Gasteiger partial charge in [0.05, 0.1) is 0 Å². The molecule has 0 saturated carbocycles. The van der Waals surface area contributed by atoms with E-state index >= 15 is 0 Å². The number of benzene rings is 2. The Morgan fingerprint density at radius 2 is 1.50 bits per heavy atom. The summed E-state index contributed by atoms with van der Waals surface area (Å²) in [5, 5.41) is 2.79. The quantitative estimate of drug-likeness (QED) is 0.397. The minimum absolute atomic E-state index is 1.23. The van der Waals surface area contributed by atoms with Gasteiger partial charge in [-0.15, -0.1) is 23.5 Å². The molecule has 0 amide bonds. The van der Waals surface area contributed by atoms with Gasteiger partial charge in [0.15, 0.2) is 0 Å². The molecule has 2 rings (SSSR count). The van der Waals surface area contributed by atoms with Gasteiger partial charge in [0.2, 0.25) is 0 Å². The minimum Gasteiger partial charge on any atom is -0.125 e. The highest BCUT2D eigenvalue weighted by molar-refractivity contribution is 8.02. The van der Waals surface area contributed by atoms with E-state index in [0.29, 0.717) is 0 Å². The van der Waals surface area contributed by atoms with Gasteiger partial charge in [0, 0.05) is 9.79 Å². The Balaban J connectivity index is 2.26. The van der Waals surface area contributed by atoms with Gasteiger partial charge in [-0.25, -0.2) is 0 Å². The molecule has 0 bridgehead atoms. The average molecular weight is 305 g/mol. The van der Waals surface area contributed by atoms with Crippen molar-refractivity contribution in [2.45, 2.75) is 49.3 Å². The van der Waals surface area contributed by atoms with Crippen LogP contribution in [0, 0.1) is 0 Å². The molecule has 0 heterocycles. The summed E-state index contributed by atoms with van der Waals surface area (Å²) in [6.45, 7) is 4.53. The fraction of sp³-hybridized carbons (Fsp3) is 0.444. The van der Waals surface area contributed by atoms with Crippen molar-refractivity contribution in [1.29, 1.82) is 0 Å². The van der Waals surface area contributed by atoms with Crippen LogP contribution < -0.4 is 0 Å². The maximum atomic E-state index is 2.32. The fourth-order valence-corrected chi connectivity index (χ4v) is 4.73. The van der Waals surface area contributed by atoms with E-state index in [9.17, 15) is 0 Å². The third-order valence-corrected chi connectivity index (χ3v) is 5.84. The fourth-order valence-electron chi connectivity index (χ4n) is 2.13. The molecule has 0 aliphatic rings. The van der Waals surface area contributed by atoms with Crippen molar-refractivity contribution < 1.29 is 0 Å². The van der Waals surface area contributed by atoms with Crippen LogP contribution in [0.15, 0.2) is 46.2 Å². The van der Waals surface area contributed by atoms with Gasteiger partial charge < -0.3 is 0 Å². The normalized spacial score (nSPS) is 11.1. The molecule has 0 saturated heterocycles. The molecule has 2 aromatic carbocycles. The Labute approximate surface area is 131 Å². The molecule has 2 heteroatoms. The van der Waals surface area contributed by atoms with Crippen molar-refractivity contribution in [3.05, 3.63) is 36.4 Å². The molecule has 0 aliphatic heterocycles. The lowest BCUT2D eigenvalue weighted by Crippen LogP contribution is -1.87. The van der Waals surface area contributed by atoms with Crippen LogP contribution in [0.4, 0.5) is 0 Å². The molecule has 108 valence electrons. The maximum Gasteiger partial charge on any atom is 0.0286 e. The molecule has 0 fully saturated rings. The van der Waals surface area contributed by atoms with Crippen molar-refractivity contribution >= 4 is 34.3 Å². The van der Waals surface area contributed by atoms with Gasteiger partial charge in [0.25, 0.3) is 0 Å². The van der Waals surface area contributed by atoms with E-state index in [2.05, 4.69) is 50.2 Å². The molecular formula is C18H24S2. The van der Waals surface area contributed by atoms with Crippen LogP contribution in [-0.4, -0.2) is 11.5 Å². The third kappa shape index (κ3) is 4.20. The Hall–Kier alpha value is -0.600. The van der Waals surface area contributed by atoms with Crippen LogP contribution >= 0.6 is 23.5 Å². The Morgan fingerprint density at radius 3 is 2.25 bits per heavy atom. The van der Waals surface area contributed by atoms with Crippen LogP contribution in [0.2, 0.25) is 0 Å². The zero-order chi connectivity index (χ0) is 14.2. The van der Waals surface area contributed by atoms with Crippen LogP contribution in [0.5, 0.6) is 0 Å². The highest BCUT2D eigenvalue weighted by Crippen LogP contribution is 2.37. The summed E-state index contributed by atoms with van der Waals surface area (Å²) < 4.78 is 0. The average Bonchev–Trinajstić information content (AvgIpc) is 2.49. The molecule has 0 spiro atoms. The predicted molar refractivity (Wildman–Crippen MR) is 95.2 cm³/mol. The summed E-state index contributed by atoms with van der Waals surface area (Å²) in [4.78, 5) is 2.97. The summed E-state index contributed by atoms with van der Waals surface area (Å²) in [6.07, 6.45) is 5.15. The summed E-state index contributed by atoms with van der Waals surface area (Å²) in [5.41, 5.74) is 0. The summed E-state index contributed by atoms with van der Waals surface area (Å²) in [6, 6.07) is 13.4. The van der Waals surface area contributed by atoms with E-state index in [1.807, 2.05) is 23.5 Å². The van der Waals surface area contributed by atoms with Crippen LogP contribution in [0.25, 0.3) is 10.8 Å². The van der Waals surface area contributed by atoms with E-state index in [0.717, 1.165) is 0 Å². The minimum atomic E-state index is 1.23. The van der Waals surface area contributed by atoms with E-state index in [1.54, 1.807) is 0 Å². The molecular weight excluding hydrogens is 280 g/mol. The number of thioether (sulfide) groups is 2. The van der Waals surface area contributed by atoms with Crippen LogP contribution in [-0.2, 0) is 0 Å². The lowest BCUT2D eigenvalue weighted by Gasteiger charge is -2.12. The molecule has 0 aliphatic carbocycles. The van der Waals surface area contributed by atoms with E-state index in [4.69, 9.17) is 0 Å². The standard InChI is InChI=1S/C18H24S2/c1-3-5-13-19-17-12-11-15-9-7-8-10-16(15)18(17)20-14-6-4-2/h7-12H,3-6,13-14H2,1-2H3. The molecule has 0 N–H and O–H groups in total. The SMILES string of the molecule is CCCCSc1ccc2ccccc2c1SCCCC. The number of fused-ring (bicyclic) bond motifs is 1. The van der Waals surface area contributed by atoms with Gasteiger partial charge in [0.1, 0.15) is 0 Å². The summed E-state index contributed by atoms with van der Waals surface area (Å²) >= 11 is 4.06. The first kappa shape index (κ1) is 15.8. The largest absolute Gasteiger partial charge is 0.125 e. The first-order valence-electron chi connectivity index (χ1n) is 7.64. The third-order valence-electron chi connectivity index (χ3n) is 3.34. The summed E-state index contributed by atoms with van der Waals surface area (Å²) in [7, 11) is 0. The van der Waals surface area contributed by atoms with Crippen molar-refractivity contribution in [2.24, 2.45) is 0 Å². The lowest BCUT2D eigenvalue weighted by molar-refractivity contribution is 0.894. The smallest absolute Gasteiger partial charge is 0.0286 e. The summed E-state index contributed by atoms with van der Waals surface area (Å²) in [5.74, 6) is 2.46. The first-order valence-corrected chi connectivity index (χ1v) is 9.61.